The molecular weight excluding hydrogens is 877 g/mol. The smallest absolute Gasteiger partial charge is 0.302 e. The minimum Gasteiger partial charge on any atom is -0.465 e. The van der Waals surface area contributed by atoms with Gasteiger partial charge in [0.15, 0.2) is 0 Å². The number of esters is 3. The Kier molecular flexibility index (Phi) is 16.7. The van der Waals surface area contributed by atoms with Gasteiger partial charge < -0.3 is 28.4 Å². The molecule has 0 amide bonds. The van der Waals surface area contributed by atoms with E-state index in [1.54, 1.807) is 6.92 Å². The predicted octanol–water partition coefficient (Wildman–Crippen LogP) is 11.0. The number of carbonyl (C=O) groups is 6. The van der Waals surface area contributed by atoms with Gasteiger partial charge >= 0.3 is 17.9 Å². The summed E-state index contributed by atoms with van der Waals surface area (Å²) in [5, 5.41) is 0. The molecule has 2 unspecified atom stereocenters. The summed E-state index contributed by atoms with van der Waals surface area (Å²) in [6.45, 7) is 25.1. The first-order valence-electron chi connectivity index (χ1n) is 27.5. The second-order valence-electron chi connectivity index (χ2n) is 24.9. The lowest BCUT2D eigenvalue weighted by molar-refractivity contribution is -0.224. The Hall–Kier alpha value is -3.18. The van der Waals surface area contributed by atoms with Gasteiger partial charge in [0.1, 0.15) is 36.6 Å². The van der Waals surface area contributed by atoms with Crippen LogP contribution >= 0.6 is 0 Å². The summed E-state index contributed by atoms with van der Waals surface area (Å²) in [4.78, 5) is 70.6. The maximum atomic E-state index is 12.4. The van der Waals surface area contributed by atoms with E-state index in [0.29, 0.717) is 78.6 Å². The third-order valence-electron chi connectivity index (χ3n) is 22.0. The average molecular weight is 967 g/mol. The minimum atomic E-state index is -0.227. The fraction of sp³-hybridized carbons (Fsp3) is 0.895. The summed E-state index contributed by atoms with van der Waals surface area (Å²) in [6.07, 6.45) is 17.2. The first-order valence-corrected chi connectivity index (χ1v) is 27.5. The van der Waals surface area contributed by atoms with Gasteiger partial charge in [0, 0.05) is 43.4 Å². The lowest BCUT2D eigenvalue weighted by Crippen LogP contribution is -2.63. The van der Waals surface area contributed by atoms with Crippen molar-refractivity contribution in [2.24, 2.45) is 92.7 Å². The summed E-state index contributed by atoms with van der Waals surface area (Å²) >= 11 is 0. The lowest BCUT2D eigenvalue weighted by atomic mass is 9.43. The second-order valence-corrected chi connectivity index (χ2v) is 24.9. The average Bonchev–Trinajstić information content (AvgIpc) is 3.83. The zero-order chi connectivity index (χ0) is 50.2. The summed E-state index contributed by atoms with van der Waals surface area (Å²) < 4.78 is 35.1. The maximum absolute atomic E-state index is 12.4. The first-order chi connectivity index (χ1) is 32.8. The fourth-order valence-corrected chi connectivity index (χ4v) is 19.2. The Balaban J connectivity index is 0.000000205. The van der Waals surface area contributed by atoms with Crippen molar-refractivity contribution in [2.45, 2.75) is 228 Å². The molecule has 8 aliphatic carbocycles. The van der Waals surface area contributed by atoms with Gasteiger partial charge in [-0.1, -0.05) is 81.1 Å². The Morgan fingerprint density at radius 1 is 0.507 bits per heavy atom. The Bertz CT molecular complexity index is 1840. The van der Waals surface area contributed by atoms with Gasteiger partial charge in [-0.25, -0.2) is 0 Å². The van der Waals surface area contributed by atoms with Crippen LogP contribution in [0.25, 0.3) is 0 Å². The van der Waals surface area contributed by atoms with E-state index < -0.39 is 0 Å². The molecule has 8 saturated carbocycles. The van der Waals surface area contributed by atoms with Crippen molar-refractivity contribution in [3.05, 3.63) is 0 Å². The molecule has 8 rings (SSSR count). The molecule has 12 heteroatoms. The van der Waals surface area contributed by atoms with Crippen LogP contribution < -0.4 is 0 Å². The molecule has 12 nitrogen and oxygen atoms in total. The van der Waals surface area contributed by atoms with Gasteiger partial charge in [-0.2, -0.15) is 0 Å². The first kappa shape index (κ1) is 53.6. The van der Waals surface area contributed by atoms with E-state index in [1.165, 1.54) is 26.7 Å². The van der Waals surface area contributed by atoms with E-state index in [9.17, 15) is 28.8 Å². The van der Waals surface area contributed by atoms with E-state index in [0.717, 1.165) is 103 Å². The van der Waals surface area contributed by atoms with Gasteiger partial charge in [-0.3, -0.25) is 28.8 Å². The number of ether oxygens (including phenoxy) is 6. The van der Waals surface area contributed by atoms with E-state index in [1.807, 2.05) is 0 Å². The summed E-state index contributed by atoms with van der Waals surface area (Å²) in [5.41, 5.74) is -0.0972. The third-order valence-corrected chi connectivity index (χ3v) is 22.0. The Morgan fingerprint density at radius 2 is 0.957 bits per heavy atom. The van der Waals surface area contributed by atoms with Crippen LogP contribution in [0.4, 0.5) is 0 Å². The summed E-state index contributed by atoms with van der Waals surface area (Å²) in [6, 6.07) is 0. The van der Waals surface area contributed by atoms with Crippen molar-refractivity contribution in [3.8, 4) is 0 Å². The molecule has 0 radical (unpaired) electrons. The number of hydrogen-bond acceptors (Lipinski definition) is 12. The zero-order valence-electron chi connectivity index (χ0n) is 44.3. The highest BCUT2D eigenvalue weighted by Gasteiger charge is 2.69. The summed E-state index contributed by atoms with van der Waals surface area (Å²) in [7, 11) is 0. The molecule has 8 fully saturated rings. The van der Waals surface area contributed by atoms with Crippen LogP contribution in [-0.4, -0.2) is 73.9 Å². The normalized spacial score (nSPS) is 45.8. The van der Waals surface area contributed by atoms with Crippen LogP contribution in [0.3, 0.4) is 0 Å². The zero-order valence-corrected chi connectivity index (χ0v) is 44.3. The maximum Gasteiger partial charge on any atom is 0.302 e. The van der Waals surface area contributed by atoms with Gasteiger partial charge in [0.05, 0.1) is 0 Å². The molecule has 0 aromatic carbocycles. The molecule has 22 atom stereocenters. The second kappa shape index (κ2) is 21.5. The van der Waals surface area contributed by atoms with Gasteiger partial charge in [0.2, 0.25) is 0 Å². The van der Waals surface area contributed by atoms with Crippen molar-refractivity contribution < 1.29 is 57.2 Å². The standard InChI is InChI=1S/C30H48O6.C27H42O6/c1-8-9-17(2)23-10-11-24-28-25(16-27(30(23,24)7)36-20(5)33)29(6)13-12-22(34-18(3)31)14-21(29)15-26(28)35-19(4)32;1-5-6-17(2)20-7-8-21-25-22(13-24(33-16-30)27(20,21)4)26(3)10-9-19(31-14-28)11-18(26)12-23(25)32-15-29/h17,21-28H,8-16H2,1-7H3;14-25H,5-13H2,1-4H3/t17?,21-,22+,23+,24-,25-,26+,27-,28-,29-,30+;17?,18-,19+,20+,21-,22-,23+,24-,25-,26-,27+/m00/s1. The van der Waals surface area contributed by atoms with Crippen molar-refractivity contribution >= 4 is 37.3 Å². The van der Waals surface area contributed by atoms with E-state index in [4.69, 9.17) is 28.4 Å². The molecule has 0 aromatic rings. The highest BCUT2D eigenvalue weighted by molar-refractivity contribution is 5.67. The minimum absolute atomic E-state index is 0.0464. The topological polar surface area (TPSA) is 158 Å². The Morgan fingerprint density at radius 3 is 1.45 bits per heavy atom. The molecule has 0 heterocycles. The van der Waals surface area contributed by atoms with Crippen LogP contribution in [0.15, 0.2) is 0 Å². The van der Waals surface area contributed by atoms with Crippen LogP contribution in [-0.2, 0) is 57.2 Å². The SMILES string of the molecule is CCCC(C)[C@H]1CC[C@H]2[C@@H]3[C@H](OC(C)=O)C[C@@H]4C[C@H](OC(C)=O)CC[C@]4(C)[C@H]3C[C@H](OC(C)=O)[C@]12C.CCCC(C)[C@H]1CC[C@H]2[C@@H]3[C@H](OC=O)C[C@@H]4C[C@H](OC=O)CC[C@]4(C)[C@H]3C[C@H](OC=O)[C@]12C. The molecule has 8 aliphatic rings. The molecule has 0 aliphatic heterocycles. The molecule has 390 valence electrons. The molecule has 69 heavy (non-hydrogen) atoms. The molecule has 0 spiro atoms. The summed E-state index contributed by atoms with van der Waals surface area (Å²) in [5.74, 6) is 4.06. The molecule has 0 bridgehead atoms. The van der Waals surface area contributed by atoms with E-state index in [2.05, 4.69) is 55.4 Å². The molecule has 0 saturated heterocycles. The monoisotopic (exact) mass is 967 g/mol. The van der Waals surface area contributed by atoms with Crippen LogP contribution in [0, 0.1) is 92.7 Å². The van der Waals surface area contributed by atoms with E-state index >= 15 is 0 Å². The highest BCUT2D eigenvalue weighted by atomic mass is 16.6. The quantitative estimate of drug-likeness (QED) is 0.0870. The molecule has 0 aromatic heterocycles. The van der Waals surface area contributed by atoms with Gasteiger partial charge in [0.25, 0.3) is 19.4 Å². The number of carbonyl (C=O) groups excluding carboxylic acids is 6. The fourth-order valence-electron chi connectivity index (χ4n) is 19.2. The van der Waals surface area contributed by atoms with Gasteiger partial charge in [-0.05, 0) is 160 Å². The molecular formula is C57H90O12. The number of rotatable bonds is 15. The highest BCUT2D eigenvalue weighted by Crippen LogP contribution is 2.71. The predicted molar refractivity (Wildman–Crippen MR) is 260 cm³/mol. The van der Waals surface area contributed by atoms with Crippen LogP contribution in [0.2, 0.25) is 0 Å². The van der Waals surface area contributed by atoms with Crippen molar-refractivity contribution in [1.29, 1.82) is 0 Å². The third kappa shape index (κ3) is 9.77. The van der Waals surface area contributed by atoms with Gasteiger partial charge in [-0.15, -0.1) is 0 Å². The number of hydrogen-bond donors (Lipinski definition) is 0. The Labute approximate surface area is 414 Å². The van der Waals surface area contributed by atoms with Crippen molar-refractivity contribution in [1.82, 2.24) is 0 Å². The van der Waals surface area contributed by atoms with Crippen molar-refractivity contribution in [2.75, 3.05) is 0 Å². The van der Waals surface area contributed by atoms with Crippen molar-refractivity contribution in [3.63, 3.8) is 0 Å². The molecule has 0 N–H and O–H groups in total. The number of fused-ring (bicyclic) bond motifs is 10. The lowest BCUT2D eigenvalue weighted by Gasteiger charge is -2.64. The van der Waals surface area contributed by atoms with E-state index in [-0.39, 0.29) is 88.0 Å². The van der Waals surface area contributed by atoms with Crippen LogP contribution in [0.5, 0.6) is 0 Å². The van der Waals surface area contributed by atoms with Crippen LogP contribution in [0.1, 0.15) is 192 Å². The largest absolute Gasteiger partial charge is 0.465 e.